The smallest absolute Gasteiger partial charge is 0.265 e. The molecule has 1 amide bonds. The lowest BCUT2D eigenvalue weighted by molar-refractivity contribution is -0.121. The molecule has 0 fully saturated rings. The lowest BCUT2D eigenvalue weighted by Gasteiger charge is -2.33. The van der Waals surface area contributed by atoms with Gasteiger partial charge in [-0.15, -0.1) is 0 Å². The van der Waals surface area contributed by atoms with Gasteiger partial charge in [-0.05, 0) is 24.0 Å². The van der Waals surface area contributed by atoms with Gasteiger partial charge in [-0.3, -0.25) is 4.79 Å². The van der Waals surface area contributed by atoms with Gasteiger partial charge in [0.2, 0.25) is 0 Å². The van der Waals surface area contributed by atoms with Gasteiger partial charge in [0.05, 0.1) is 5.69 Å². The Labute approximate surface area is 116 Å². The Morgan fingerprint density at radius 2 is 2.11 bits per heavy atom. The van der Waals surface area contributed by atoms with E-state index in [0.717, 1.165) is 23.3 Å². The maximum atomic E-state index is 12.0. The molecule has 0 bridgehead atoms. The number of carbonyl (C=O) groups is 1. The van der Waals surface area contributed by atoms with E-state index >= 15 is 0 Å². The third kappa shape index (κ3) is 2.69. The first-order valence-electron chi connectivity index (χ1n) is 6.21. The molecule has 1 heterocycles. The zero-order valence-corrected chi connectivity index (χ0v) is 12.3. The lowest BCUT2D eigenvalue weighted by Crippen LogP contribution is -2.43. The summed E-state index contributed by atoms with van der Waals surface area (Å²) in [5.74, 6) is 1.82. The Balaban J connectivity index is 2.24. The van der Waals surface area contributed by atoms with E-state index < -0.39 is 0 Å². The van der Waals surface area contributed by atoms with Crippen molar-refractivity contribution >= 4 is 27.5 Å². The number of benzene rings is 1. The molecule has 4 heteroatoms. The quantitative estimate of drug-likeness (QED) is 0.800. The van der Waals surface area contributed by atoms with Crippen LogP contribution in [0.3, 0.4) is 0 Å². The third-order valence-corrected chi connectivity index (χ3v) is 4.20. The molecule has 1 aliphatic heterocycles. The Morgan fingerprint density at radius 1 is 1.39 bits per heavy atom. The molecular weight excluding hydrogens is 294 g/mol. The van der Waals surface area contributed by atoms with Crippen molar-refractivity contribution in [3.05, 3.63) is 24.3 Å². The number of nitrogens with zero attached hydrogens (tertiary/aromatic N) is 1. The minimum absolute atomic E-state index is 0.0419. The first-order valence-corrected chi connectivity index (χ1v) is 7.33. The molecule has 0 radical (unpaired) electrons. The number of fused-ring (bicyclic) bond motifs is 1. The number of carbonyl (C=O) groups excluding carboxylic acids is 1. The fourth-order valence-electron chi connectivity index (χ4n) is 2.03. The highest BCUT2D eigenvalue weighted by atomic mass is 79.9. The zero-order chi connectivity index (χ0) is 13.1. The molecule has 0 saturated carbocycles. The van der Waals surface area contributed by atoms with Crippen molar-refractivity contribution in [1.29, 1.82) is 0 Å². The van der Waals surface area contributed by atoms with Crippen LogP contribution in [0, 0.1) is 11.8 Å². The van der Waals surface area contributed by atoms with Crippen LogP contribution >= 0.6 is 15.9 Å². The summed E-state index contributed by atoms with van der Waals surface area (Å²) in [6.45, 7) is 5.25. The van der Waals surface area contributed by atoms with E-state index in [1.807, 2.05) is 29.2 Å². The van der Waals surface area contributed by atoms with E-state index in [4.69, 9.17) is 4.74 Å². The van der Waals surface area contributed by atoms with Crippen molar-refractivity contribution in [3.63, 3.8) is 0 Å². The van der Waals surface area contributed by atoms with Gasteiger partial charge in [0.15, 0.2) is 6.61 Å². The number of hydrogen-bond donors (Lipinski definition) is 0. The summed E-state index contributed by atoms with van der Waals surface area (Å²) in [6, 6.07) is 7.72. The standard InChI is InChI=1S/C14H18BrNO2/c1-10(2)11(7-15)8-16-12-5-3-4-6-13(12)18-9-14(16)17/h3-6,10-11H,7-9H2,1-2H3. The van der Waals surface area contributed by atoms with Gasteiger partial charge in [-0.1, -0.05) is 41.9 Å². The number of anilines is 1. The van der Waals surface area contributed by atoms with E-state index in [1.165, 1.54) is 0 Å². The van der Waals surface area contributed by atoms with Crippen LogP contribution in [-0.4, -0.2) is 24.4 Å². The second kappa shape index (κ2) is 5.74. The van der Waals surface area contributed by atoms with Crippen molar-refractivity contribution in [1.82, 2.24) is 0 Å². The molecule has 98 valence electrons. The van der Waals surface area contributed by atoms with Crippen LogP contribution in [0.2, 0.25) is 0 Å². The summed E-state index contributed by atoms with van der Waals surface area (Å²) < 4.78 is 5.44. The molecule has 3 nitrogen and oxygen atoms in total. The highest BCUT2D eigenvalue weighted by molar-refractivity contribution is 9.09. The van der Waals surface area contributed by atoms with Crippen LogP contribution in [0.4, 0.5) is 5.69 Å². The predicted octanol–water partition coefficient (Wildman–Crippen LogP) is 3.08. The molecule has 0 aliphatic carbocycles. The molecular formula is C14H18BrNO2. The maximum absolute atomic E-state index is 12.0. The minimum Gasteiger partial charge on any atom is -0.482 e. The number of halogens is 1. The highest BCUT2D eigenvalue weighted by Gasteiger charge is 2.28. The Morgan fingerprint density at radius 3 is 2.78 bits per heavy atom. The van der Waals surface area contributed by atoms with Gasteiger partial charge < -0.3 is 9.64 Å². The monoisotopic (exact) mass is 311 g/mol. The van der Waals surface area contributed by atoms with E-state index in [-0.39, 0.29) is 12.5 Å². The summed E-state index contributed by atoms with van der Waals surface area (Å²) in [7, 11) is 0. The third-order valence-electron chi connectivity index (χ3n) is 3.37. The molecule has 1 unspecified atom stereocenters. The van der Waals surface area contributed by atoms with E-state index in [2.05, 4.69) is 29.8 Å². The number of amides is 1. The van der Waals surface area contributed by atoms with Crippen molar-refractivity contribution in [3.8, 4) is 5.75 Å². The topological polar surface area (TPSA) is 29.5 Å². The van der Waals surface area contributed by atoms with Crippen LogP contribution < -0.4 is 9.64 Å². The Bertz CT molecular complexity index is 434. The first kappa shape index (κ1) is 13.4. The maximum Gasteiger partial charge on any atom is 0.265 e. The summed E-state index contributed by atoms with van der Waals surface area (Å²) in [4.78, 5) is 13.9. The SMILES string of the molecule is CC(C)C(CBr)CN1C(=O)COc2ccccc21. The molecule has 1 atom stereocenters. The van der Waals surface area contributed by atoms with E-state index in [0.29, 0.717) is 11.8 Å². The summed E-state index contributed by atoms with van der Waals surface area (Å²) in [5.41, 5.74) is 0.889. The van der Waals surface area contributed by atoms with Crippen molar-refractivity contribution in [2.45, 2.75) is 13.8 Å². The average molecular weight is 312 g/mol. The van der Waals surface area contributed by atoms with Crippen LogP contribution in [0.25, 0.3) is 0 Å². The predicted molar refractivity (Wildman–Crippen MR) is 76.4 cm³/mol. The zero-order valence-electron chi connectivity index (χ0n) is 10.7. The second-order valence-corrected chi connectivity index (χ2v) is 5.57. The lowest BCUT2D eigenvalue weighted by atomic mass is 9.97. The molecule has 18 heavy (non-hydrogen) atoms. The Kier molecular flexibility index (Phi) is 4.27. The van der Waals surface area contributed by atoms with Gasteiger partial charge in [-0.2, -0.15) is 0 Å². The second-order valence-electron chi connectivity index (χ2n) is 4.92. The first-order chi connectivity index (χ1) is 8.63. The number of hydrogen-bond acceptors (Lipinski definition) is 2. The Hall–Kier alpha value is -1.03. The largest absolute Gasteiger partial charge is 0.482 e. The summed E-state index contributed by atoms with van der Waals surface area (Å²) in [6.07, 6.45) is 0. The van der Waals surface area contributed by atoms with Crippen LogP contribution in [-0.2, 0) is 4.79 Å². The normalized spacial score (nSPS) is 16.4. The molecule has 0 aromatic heterocycles. The molecule has 2 rings (SSSR count). The van der Waals surface area contributed by atoms with Crippen molar-refractivity contribution in [2.75, 3.05) is 23.4 Å². The summed E-state index contributed by atoms with van der Waals surface area (Å²) in [5, 5.41) is 0.900. The molecule has 0 spiro atoms. The minimum atomic E-state index is 0.0419. The molecule has 1 aliphatic rings. The average Bonchev–Trinajstić information content (AvgIpc) is 2.37. The van der Waals surface area contributed by atoms with Gasteiger partial charge >= 0.3 is 0 Å². The number of para-hydroxylation sites is 2. The van der Waals surface area contributed by atoms with Crippen molar-refractivity contribution < 1.29 is 9.53 Å². The highest BCUT2D eigenvalue weighted by Crippen LogP contribution is 2.32. The number of ether oxygens (including phenoxy) is 1. The van der Waals surface area contributed by atoms with Gasteiger partial charge in [0.25, 0.3) is 5.91 Å². The molecule has 0 N–H and O–H groups in total. The fraction of sp³-hybridized carbons (Fsp3) is 0.500. The van der Waals surface area contributed by atoms with Crippen LogP contribution in [0.1, 0.15) is 13.8 Å². The summed E-state index contributed by atoms with van der Waals surface area (Å²) >= 11 is 3.53. The van der Waals surface area contributed by atoms with Crippen LogP contribution in [0.5, 0.6) is 5.75 Å². The van der Waals surface area contributed by atoms with Gasteiger partial charge in [0.1, 0.15) is 5.75 Å². The number of rotatable bonds is 4. The van der Waals surface area contributed by atoms with Crippen LogP contribution in [0.15, 0.2) is 24.3 Å². The van der Waals surface area contributed by atoms with Gasteiger partial charge in [0, 0.05) is 11.9 Å². The van der Waals surface area contributed by atoms with Gasteiger partial charge in [-0.25, -0.2) is 0 Å². The van der Waals surface area contributed by atoms with E-state index in [9.17, 15) is 4.79 Å². The molecule has 1 aromatic carbocycles. The number of alkyl halides is 1. The van der Waals surface area contributed by atoms with Crippen molar-refractivity contribution in [2.24, 2.45) is 11.8 Å². The molecule has 1 aromatic rings. The van der Waals surface area contributed by atoms with E-state index in [1.54, 1.807) is 0 Å². The fourth-order valence-corrected chi connectivity index (χ4v) is 2.98. The molecule has 0 saturated heterocycles.